The van der Waals surface area contributed by atoms with E-state index in [-0.39, 0.29) is 38.0 Å². The molecule has 0 radical (unpaired) electrons. The first kappa shape index (κ1) is 65.2. The monoisotopic (exact) mass is 997 g/mol. The van der Waals surface area contributed by atoms with Crippen LogP contribution in [0.1, 0.15) is 168 Å². The van der Waals surface area contributed by atoms with Gasteiger partial charge in [0.25, 0.3) is 7.82 Å². The number of hydrogen-bond acceptors (Lipinski definition) is 12. The second kappa shape index (κ2) is 44.2. The molecule has 5 atom stereocenters. The zero-order valence-electron chi connectivity index (χ0n) is 42.7. The fraction of sp³-hybridized carbons (Fsp3) is 0.717. The first-order valence-electron chi connectivity index (χ1n) is 25.6. The number of nitrogens with two attached hydrogens (primary N) is 1. The number of ether oxygens (including phenoxy) is 2. The van der Waals surface area contributed by atoms with Gasteiger partial charge in [0.2, 0.25) is 0 Å². The van der Waals surface area contributed by atoms with Crippen LogP contribution in [0.3, 0.4) is 0 Å². The summed E-state index contributed by atoms with van der Waals surface area (Å²) < 4.78 is 34.1. The molecule has 68 heavy (non-hydrogen) atoms. The number of allylic oxidation sites excluding steroid dienone is 11. The minimum Gasteiger partial charge on any atom is -0.756 e. The number of aliphatic hydroxyl groups is 1. The largest absolute Gasteiger partial charge is 0.756 e. The van der Waals surface area contributed by atoms with Gasteiger partial charge in [-0.2, -0.15) is 0 Å². The average Bonchev–Trinajstić information content (AvgIpc) is 3.28. The highest BCUT2D eigenvalue weighted by atomic mass is 32.2. The zero-order chi connectivity index (χ0) is 50.6. The van der Waals surface area contributed by atoms with E-state index in [2.05, 4.69) is 50.3 Å². The van der Waals surface area contributed by atoms with Crippen LogP contribution in [-0.4, -0.2) is 109 Å². The molecule has 0 saturated carbocycles. The van der Waals surface area contributed by atoms with Crippen molar-refractivity contribution in [2.24, 2.45) is 5.73 Å². The van der Waals surface area contributed by atoms with Crippen LogP contribution in [-0.2, 0) is 37.5 Å². The lowest BCUT2D eigenvalue weighted by Crippen LogP contribution is -2.40. The van der Waals surface area contributed by atoms with Gasteiger partial charge >= 0.3 is 17.9 Å². The molecule has 0 fully saturated rings. The van der Waals surface area contributed by atoms with Crippen molar-refractivity contribution in [2.75, 3.05) is 53.3 Å². The number of carboxylic acids is 1. The van der Waals surface area contributed by atoms with Crippen LogP contribution in [0.15, 0.2) is 72.9 Å². The van der Waals surface area contributed by atoms with Gasteiger partial charge in [0.05, 0.1) is 33.9 Å². The molecule has 0 saturated heterocycles. The van der Waals surface area contributed by atoms with Gasteiger partial charge in [-0.1, -0.05) is 157 Å². The number of aliphatic hydroxyl groups excluding tert-OH is 1. The molecule has 15 heteroatoms. The summed E-state index contributed by atoms with van der Waals surface area (Å²) >= 11 is 1.20. The number of phosphoric acid groups is 1. The Labute approximate surface area is 416 Å². The SMILES string of the molecule is CCCCC/C=C\C\C=C/C=C/C=C/[C@@H](SC[C@H](N)C(=O)O[C@H](COC(=O)CCCCCCCCCCC/C=C\C/C=C\CCCCC)COP(=O)([O-])OCC[N+](C)(C)C)[C@@H](O)CCCC(=O)O. The maximum atomic E-state index is 13.3. The van der Waals surface area contributed by atoms with Gasteiger partial charge in [0, 0.05) is 23.8 Å². The number of hydrogen-bond donors (Lipinski definition) is 3. The van der Waals surface area contributed by atoms with Gasteiger partial charge in [-0.05, 0) is 70.6 Å². The predicted octanol–water partition coefficient (Wildman–Crippen LogP) is 11.3. The first-order valence-corrected chi connectivity index (χ1v) is 28.1. The highest BCUT2D eigenvalue weighted by molar-refractivity contribution is 8.00. The van der Waals surface area contributed by atoms with Crippen LogP contribution in [0, 0.1) is 0 Å². The molecule has 0 aromatic carbocycles. The molecular weight excluding hydrogens is 904 g/mol. The third-order valence-electron chi connectivity index (χ3n) is 10.7. The molecule has 0 rings (SSSR count). The average molecular weight is 997 g/mol. The molecule has 0 aromatic heterocycles. The van der Waals surface area contributed by atoms with Crippen LogP contribution in [0.4, 0.5) is 0 Å². The molecule has 1 unspecified atom stereocenters. The molecule has 13 nitrogen and oxygen atoms in total. The summed E-state index contributed by atoms with van der Waals surface area (Å²) in [6.45, 7) is 3.58. The number of likely N-dealkylation sites (N-methyl/N-ethyl adjacent to an activating group) is 1. The molecular formula is C53H93N2O11PS. The summed E-state index contributed by atoms with van der Waals surface area (Å²) in [6.07, 6.45) is 45.4. The van der Waals surface area contributed by atoms with Crippen molar-refractivity contribution in [1.82, 2.24) is 0 Å². The van der Waals surface area contributed by atoms with Crippen molar-refractivity contribution in [3.8, 4) is 0 Å². The van der Waals surface area contributed by atoms with Crippen LogP contribution in [0.5, 0.6) is 0 Å². The van der Waals surface area contributed by atoms with Crippen molar-refractivity contribution in [3.63, 3.8) is 0 Å². The fourth-order valence-electron chi connectivity index (χ4n) is 6.52. The van der Waals surface area contributed by atoms with E-state index in [4.69, 9.17) is 29.4 Å². The Morgan fingerprint density at radius 3 is 1.81 bits per heavy atom. The maximum absolute atomic E-state index is 13.3. The van der Waals surface area contributed by atoms with E-state index in [1.54, 1.807) is 12.2 Å². The second-order valence-corrected chi connectivity index (χ2v) is 21.0. The smallest absolute Gasteiger partial charge is 0.324 e. The van der Waals surface area contributed by atoms with Crippen molar-refractivity contribution >= 4 is 37.5 Å². The minimum absolute atomic E-state index is 0.00872. The van der Waals surface area contributed by atoms with E-state index in [0.717, 1.165) is 51.4 Å². The summed E-state index contributed by atoms with van der Waals surface area (Å²) in [6, 6.07) is -1.20. The lowest BCUT2D eigenvalue weighted by atomic mass is 10.1. The van der Waals surface area contributed by atoms with E-state index >= 15 is 0 Å². The number of phosphoric ester groups is 1. The summed E-state index contributed by atoms with van der Waals surface area (Å²) in [7, 11) is 0.856. The Hall–Kier alpha value is -2.81. The van der Waals surface area contributed by atoms with Crippen molar-refractivity contribution in [1.29, 1.82) is 0 Å². The van der Waals surface area contributed by atoms with Gasteiger partial charge in [-0.3, -0.25) is 18.9 Å². The quantitative estimate of drug-likeness (QED) is 0.0130. The molecule has 0 aliphatic rings. The number of rotatable bonds is 46. The lowest BCUT2D eigenvalue weighted by molar-refractivity contribution is -0.870. The molecule has 4 N–H and O–H groups in total. The molecule has 0 aliphatic carbocycles. The van der Waals surface area contributed by atoms with Crippen LogP contribution < -0.4 is 10.6 Å². The van der Waals surface area contributed by atoms with Gasteiger partial charge in [-0.25, -0.2) is 0 Å². The van der Waals surface area contributed by atoms with Gasteiger partial charge < -0.3 is 43.8 Å². The predicted molar refractivity (Wildman–Crippen MR) is 278 cm³/mol. The third-order valence-corrected chi connectivity index (χ3v) is 13.1. The number of thioether (sulfide) groups is 1. The Bertz CT molecular complexity index is 1510. The molecule has 0 amide bonds. The number of carboxylic acid groups (broad SMARTS) is 1. The van der Waals surface area contributed by atoms with Crippen LogP contribution >= 0.6 is 19.6 Å². The molecule has 0 bridgehead atoms. The van der Waals surface area contributed by atoms with E-state index < -0.39 is 62.4 Å². The fourth-order valence-corrected chi connectivity index (χ4v) is 8.37. The Morgan fingerprint density at radius 1 is 0.691 bits per heavy atom. The molecule has 0 heterocycles. The molecule has 0 spiro atoms. The Morgan fingerprint density at radius 2 is 1.24 bits per heavy atom. The number of carbonyl (C=O) groups excluding carboxylic acids is 2. The molecule has 392 valence electrons. The van der Waals surface area contributed by atoms with E-state index in [9.17, 15) is 28.9 Å². The highest BCUT2D eigenvalue weighted by Gasteiger charge is 2.26. The molecule has 0 aromatic rings. The number of esters is 2. The summed E-state index contributed by atoms with van der Waals surface area (Å²) in [5, 5.41) is 19.5. The van der Waals surface area contributed by atoms with Crippen LogP contribution in [0.25, 0.3) is 0 Å². The van der Waals surface area contributed by atoms with E-state index in [1.165, 1.54) is 82.4 Å². The van der Waals surface area contributed by atoms with Crippen molar-refractivity contribution < 1.29 is 57.1 Å². The normalized spacial score (nSPS) is 15.3. The third kappa shape index (κ3) is 44.4. The summed E-state index contributed by atoms with van der Waals surface area (Å²) in [4.78, 5) is 49.6. The van der Waals surface area contributed by atoms with E-state index in [0.29, 0.717) is 17.4 Å². The van der Waals surface area contributed by atoms with Crippen molar-refractivity contribution in [3.05, 3.63) is 72.9 Å². The number of unbranched alkanes of at least 4 members (excludes halogenated alkanes) is 15. The first-order chi connectivity index (χ1) is 32.6. The standard InChI is InChI=1S/C53H93N2O11PS/c1-6-8-10-12-14-16-18-20-21-22-23-24-25-26-28-30-32-34-36-41-52(59)63-44-47(45-65-67(61,62)64-43-42-55(3,4)5)66-53(60)48(54)46-68-50(49(56)38-37-40-51(57)58)39-35-33-31-29-27-19-17-15-13-11-9-7-2/h14-17,20-21,27,29,31,33,35,39,47-50,56H,6-13,18-19,22-26,28,30,32,34,36-38,40-46,54H2,1-5H3,(H-,57,58,61,62)/b16-14-,17-15-,21-20-,29-27-,33-31+,39-35+/t47-,48+,49+,50-/m1/s1. The minimum atomic E-state index is -4.79. The number of nitrogens with zero attached hydrogens (tertiary/aromatic N) is 1. The summed E-state index contributed by atoms with van der Waals surface area (Å²) in [5.74, 6) is -2.33. The van der Waals surface area contributed by atoms with Gasteiger partial charge in [0.15, 0.2) is 6.10 Å². The highest BCUT2D eigenvalue weighted by Crippen LogP contribution is 2.38. The Kier molecular flexibility index (Phi) is 42.3. The number of quaternary nitrogens is 1. The lowest BCUT2D eigenvalue weighted by Gasteiger charge is -2.28. The zero-order valence-corrected chi connectivity index (χ0v) is 44.4. The molecule has 0 aliphatic heterocycles. The number of aliphatic carboxylic acids is 1. The summed E-state index contributed by atoms with van der Waals surface area (Å²) in [5.41, 5.74) is 6.25. The second-order valence-electron chi connectivity index (χ2n) is 18.4. The van der Waals surface area contributed by atoms with E-state index in [1.807, 2.05) is 45.4 Å². The van der Waals surface area contributed by atoms with Gasteiger partial charge in [0.1, 0.15) is 25.8 Å². The number of carbonyl (C=O) groups is 3. The topological polar surface area (TPSA) is 195 Å². The maximum Gasteiger partial charge on any atom is 0.324 e. The van der Waals surface area contributed by atoms with Crippen LogP contribution in [0.2, 0.25) is 0 Å². The Balaban J connectivity index is 5.12. The van der Waals surface area contributed by atoms with Gasteiger partial charge in [-0.15, -0.1) is 11.8 Å². The van der Waals surface area contributed by atoms with Crippen molar-refractivity contribution in [2.45, 2.75) is 191 Å².